The molecular formula is C13H11BN2O4S. The van der Waals surface area contributed by atoms with E-state index in [1.54, 1.807) is 37.4 Å². The molecular weight excluding hydrogens is 291 g/mol. The van der Waals surface area contributed by atoms with Crippen molar-refractivity contribution in [1.82, 2.24) is 4.92 Å². The molecule has 0 bridgehead atoms. The third kappa shape index (κ3) is 2.63. The molecule has 1 aliphatic heterocycles. The van der Waals surface area contributed by atoms with E-state index in [4.69, 9.17) is 9.47 Å². The van der Waals surface area contributed by atoms with Crippen LogP contribution >= 0.6 is 11.3 Å². The maximum atomic E-state index is 12.1. The molecule has 0 unspecified atom stereocenters. The Labute approximate surface area is 125 Å². The molecule has 6 nitrogen and oxygen atoms in total. The van der Waals surface area contributed by atoms with Gasteiger partial charge in [-0.15, -0.1) is 11.3 Å². The summed E-state index contributed by atoms with van der Waals surface area (Å²) >= 11 is 1.45. The zero-order chi connectivity index (χ0) is 14.8. The second-order valence-electron chi connectivity index (χ2n) is 4.25. The van der Waals surface area contributed by atoms with Crippen molar-refractivity contribution >= 4 is 36.2 Å². The standard InChI is InChI=1S/C13H11BN2O4S/c1-19-9-2-4-10(5-3-9)20-13(17)16-14(18)11-6-7-21-12(11)8-15-16/h2-8,18H,1H3. The fraction of sp³-hybridized carbons (Fsp3) is 0.0769. The first-order valence-corrected chi connectivity index (χ1v) is 7.01. The van der Waals surface area contributed by atoms with Gasteiger partial charge in [-0.1, -0.05) is 6.07 Å². The van der Waals surface area contributed by atoms with Crippen LogP contribution in [-0.4, -0.2) is 36.4 Å². The summed E-state index contributed by atoms with van der Waals surface area (Å²) in [6.07, 6.45) is 0.780. The smallest absolute Gasteiger partial charge is 0.479 e. The Balaban J connectivity index is 1.73. The van der Waals surface area contributed by atoms with Crippen LogP contribution in [0, 0.1) is 0 Å². The van der Waals surface area contributed by atoms with E-state index in [0.29, 0.717) is 17.0 Å². The van der Waals surface area contributed by atoms with Crippen molar-refractivity contribution in [1.29, 1.82) is 0 Å². The molecule has 1 aromatic carbocycles. The molecule has 8 heteroatoms. The summed E-state index contributed by atoms with van der Waals surface area (Å²) in [4.78, 5) is 13.8. The molecule has 1 amide bonds. The van der Waals surface area contributed by atoms with Gasteiger partial charge in [-0.05, 0) is 35.1 Å². The Morgan fingerprint density at radius 2 is 2.00 bits per heavy atom. The lowest BCUT2D eigenvalue weighted by Crippen LogP contribution is -2.52. The number of amides is 1. The van der Waals surface area contributed by atoms with Crippen LogP contribution in [0.3, 0.4) is 0 Å². The Hall–Kier alpha value is -2.32. The molecule has 0 saturated heterocycles. The number of hydrazone groups is 1. The lowest BCUT2D eigenvalue weighted by atomic mass is 9.73. The van der Waals surface area contributed by atoms with Gasteiger partial charge in [0, 0.05) is 4.88 Å². The number of rotatable bonds is 2. The molecule has 0 fully saturated rings. The Kier molecular flexibility index (Phi) is 3.63. The second kappa shape index (κ2) is 5.59. The van der Waals surface area contributed by atoms with Crippen molar-refractivity contribution in [3.63, 3.8) is 0 Å². The van der Waals surface area contributed by atoms with Crippen LogP contribution in [0.5, 0.6) is 11.5 Å². The summed E-state index contributed by atoms with van der Waals surface area (Å²) in [6.45, 7) is 0. The summed E-state index contributed by atoms with van der Waals surface area (Å²) in [5.74, 6) is 1.01. The van der Waals surface area contributed by atoms with Crippen LogP contribution in [0.1, 0.15) is 4.88 Å². The van der Waals surface area contributed by atoms with E-state index >= 15 is 0 Å². The molecule has 1 aliphatic rings. The average Bonchev–Trinajstić information content (AvgIpc) is 2.98. The maximum absolute atomic E-state index is 12.1. The molecule has 2 heterocycles. The van der Waals surface area contributed by atoms with Crippen LogP contribution in [-0.2, 0) is 0 Å². The average molecular weight is 302 g/mol. The van der Waals surface area contributed by atoms with E-state index < -0.39 is 13.1 Å². The molecule has 106 valence electrons. The van der Waals surface area contributed by atoms with Gasteiger partial charge in [-0.2, -0.15) is 5.10 Å². The van der Waals surface area contributed by atoms with E-state index in [1.807, 2.05) is 5.38 Å². The van der Waals surface area contributed by atoms with Crippen molar-refractivity contribution in [2.24, 2.45) is 5.10 Å². The number of ether oxygens (including phenoxy) is 2. The number of hydrogen-bond donors (Lipinski definition) is 1. The van der Waals surface area contributed by atoms with E-state index in [9.17, 15) is 9.82 Å². The number of methoxy groups -OCH3 is 1. The monoisotopic (exact) mass is 302 g/mol. The van der Waals surface area contributed by atoms with Crippen molar-refractivity contribution < 1.29 is 19.3 Å². The van der Waals surface area contributed by atoms with Gasteiger partial charge in [0.25, 0.3) is 0 Å². The largest absolute Gasteiger partial charge is 0.497 e. The predicted molar refractivity (Wildman–Crippen MR) is 80.4 cm³/mol. The molecule has 1 aromatic heterocycles. The van der Waals surface area contributed by atoms with Crippen LogP contribution in [0.2, 0.25) is 0 Å². The van der Waals surface area contributed by atoms with Crippen molar-refractivity contribution in [2.75, 3.05) is 7.11 Å². The lowest BCUT2D eigenvalue weighted by molar-refractivity contribution is 0.175. The van der Waals surface area contributed by atoms with Crippen molar-refractivity contribution in [3.05, 3.63) is 40.6 Å². The zero-order valence-corrected chi connectivity index (χ0v) is 11.9. The minimum atomic E-state index is -1.14. The molecule has 0 saturated carbocycles. The number of thiophene rings is 1. The van der Waals surface area contributed by atoms with Crippen LogP contribution < -0.4 is 14.9 Å². The fourth-order valence-corrected chi connectivity index (χ4v) is 2.68. The van der Waals surface area contributed by atoms with Crippen LogP contribution in [0.4, 0.5) is 4.79 Å². The molecule has 3 rings (SSSR count). The van der Waals surface area contributed by atoms with E-state index in [0.717, 1.165) is 9.80 Å². The molecule has 2 aromatic rings. The highest BCUT2D eigenvalue weighted by Gasteiger charge is 2.35. The number of carbonyl (C=O) groups is 1. The Bertz CT molecular complexity index is 686. The Morgan fingerprint density at radius 1 is 1.29 bits per heavy atom. The van der Waals surface area contributed by atoms with Crippen molar-refractivity contribution in [2.45, 2.75) is 0 Å². The van der Waals surface area contributed by atoms with Gasteiger partial charge in [0.2, 0.25) is 0 Å². The number of carbonyl (C=O) groups excluding carboxylic acids is 1. The molecule has 0 radical (unpaired) electrons. The van der Waals surface area contributed by atoms with E-state index in [2.05, 4.69) is 5.10 Å². The molecule has 1 N–H and O–H groups in total. The van der Waals surface area contributed by atoms with Crippen molar-refractivity contribution in [3.8, 4) is 11.5 Å². The highest BCUT2D eigenvalue weighted by molar-refractivity contribution is 7.13. The summed E-state index contributed by atoms with van der Waals surface area (Å²) in [5.41, 5.74) is 0.640. The summed E-state index contributed by atoms with van der Waals surface area (Å²) < 4.78 is 10.2. The molecule has 21 heavy (non-hydrogen) atoms. The second-order valence-corrected chi connectivity index (χ2v) is 5.19. The molecule has 0 aliphatic carbocycles. The third-order valence-corrected chi connectivity index (χ3v) is 3.86. The Morgan fingerprint density at radius 3 is 2.71 bits per heavy atom. The number of fused-ring (bicyclic) bond motifs is 1. The topological polar surface area (TPSA) is 71.4 Å². The van der Waals surface area contributed by atoms with Gasteiger partial charge in [-0.25, -0.2) is 9.71 Å². The van der Waals surface area contributed by atoms with Gasteiger partial charge in [0.05, 0.1) is 13.3 Å². The minimum Gasteiger partial charge on any atom is -0.497 e. The van der Waals surface area contributed by atoms with Gasteiger partial charge in [0.1, 0.15) is 11.5 Å². The quantitative estimate of drug-likeness (QED) is 0.849. The summed E-state index contributed by atoms with van der Waals surface area (Å²) in [7, 11) is 0.417. The van der Waals surface area contributed by atoms with Gasteiger partial charge in [-0.3, -0.25) is 0 Å². The maximum Gasteiger partial charge on any atom is 0.479 e. The SMILES string of the molecule is COc1ccc(OC(=O)N2N=Cc3sccc3B2O)cc1. The zero-order valence-electron chi connectivity index (χ0n) is 11.1. The highest BCUT2D eigenvalue weighted by Crippen LogP contribution is 2.19. The first kappa shape index (κ1) is 13.7. The first-order valence-electron chi connectivity index (χ1n) is 6.13. The number of nitrogens with zero attached hydrogens (tertiary/aromatic N) is 2. The molecule has 0 spiro atoms. The third-order valence-electron chi connectivity index (χ3n) is 2.99. The van der Waals surface area contributed by atoms with E-state index in [-0.39, 0.29) is 0 Å². The summed E-state index contributed by atoms with van der Waals surface area (Å²) in [6, 6.07) is 8.31. The number of benzene rings is 1. The molecule has 0 atom stereocenters. The van der Waals surface area contributed by atoms with E-state index in [1.165, 1.54) is 17.6 Å². The minimum absolute atomic E-state index is 0.347. The highest BCUT2D eigenvalue weighted by atomic mass is 32.1. The van der Waals surface area contributed by atoms with Crippen LogP contribution in [0.15, 0.2) is 40.8 Å². The van der Waals surface area contributed by atoms with Gasteiger partial charge >= 0.3 is 13.1 Å². The van der Waals surface area contributed by atoms with Crippen LogP contribution in [0.25, 0.3) is 0 Å². The number of hydrogen-bond acceptors (Lipinski definition) is 6. The summed E-state index contributed by atoms with van der Waals surface area (Å²) in [5, 5.41) is 15.9. The normalized spacial score (nSPS) is 13.0. The fourth-order valence-electron chi connectivity index (χ4n) is 1.90. The predicted octanol–water partition coefficient (Wildman–Crippen LogP) is 1.29. The van der Waals surface area contributed by atoms with Gasteiger partial charge in [0.15, 0.2) is 0 Å². The first-order chi connectivity index (χ1) is 10.2. The lowest BCUT2D eigenvalue weighted by Gasteiger charge is -2.22. The van der Waals surface area contributed by atoms with Gasteiger partial charge < -0.3 is 14.5 Å².